The molecule has 0 aliphatic carbocycles. The number of hydrogen-bond acceptors (Lipinski definition) is 4. The first-order chi connectivity index (χ1) is 8.59. The second-order valence-electron chi connectivity index (χ2n) is 4.77. The summed E-state index contributed by atoms with van der Waals surface area (Å²) in [7, 11) is 1.74. The SMILES string of the molecule is CCCC(CC)(NCCOC)c1nc(C)c(C)s1. The molecule has 3 nitrogen and oxygen atoms in total. The van der Waals surface area contributed by atoms with Crippen LogP contribution in [-0.4, -0.2) is 25.2 Å². The Hall–Kier alpha value is -0.450. The lowest BCUT2D eigenvalue weighted by atomic mass is 9.91. The minimum Gasteiger partial charge on any atom is -0.383 e. The summed E-state index contributed by atoms with van der Waals surface area (Å²) in [6, 6.07) is 0. The van der Waals surface area contributed by atoms with Gasteiger partial charge in [0.25, 0.3) is 0 Å². The van der Waals surface area contributed by atoms with Gasteiger partial charge in [-0.25, -0.2) is 4.98 Å². The van der Waals surface area contributed by atoms with Crippen molar-refractivity contribution < 1.29 is 4.74 Å². The van der Waals surface area contributed by atoms with E-state index in [1.54, 1.807) is 7.11 Å². The van der Waals surface area contributed by atoms with Crippen LogP contribution in [0.5, 0.6) is 0 Å². The van der Waals surface area contributed by atoms with E-state index in [1.165, 1.54) is 9.88 Å². The molecule has 0 aliphatic heterocycles. The maximum atomic E-state index is 5.15. The minimum atomic E-state index is 0.0248. The van der Waals surface area contributed by atoms with E-state index < -0.39 is 0 Å². The van der Waals surface area contributed by atoms with Crippen molar-refractivity contribution in [3.05, 3.63) is 15.6 Å². The van der Waals surface area contributed by atoms with Gasteiger partial charge in [0.2, 0.25) is 0 Å². The van der Waals surface area contributed by atoms with Crippen LogP contribution in [-0.2, 0) is 10.3 Å². The molecule has 1 atom stereocenters. The van der Waals surface area contributed by atoms with E-state index >= 15 is 0 Å². The van der Waals surface area contributed by atoms with Gasteiger partial charge in [-0.15, -0.1) is 11.3 Å². The summed E-state index contributed by atoms with van der Waals surface area (Å²) < 4.78 is 5.15. The maximum Gasteiger partial charge on any atom is 0.113 e. The van der Waals surface area contributed by atoms with E-state index in [1.807, 2.05) is 11.3 Å². The van der Waals surface area contributed by atoms with Crippen molar-refractivity contribution in [2.75, 3.05) is 20.3 Å². The van der Waals surface area contributed by atoms with Crippen LogP contribution >= 0.6 is 11.3 Å². The molecule has 0 bridgehead atoms. The Balaban J connectivity index is 2.94. The highest BCUT2D eigenvalue weighted by molar-refractivity contribution is 7.11. The third kappa shape index (κ3) is 3.53. The third-order valence-corrected chi connectivity index (χ3v) is 4.76. The van der Waals surface area contributed by atoms with Crippen molar-refractivity contribution in [1.82, 2.24) is 10.3 Å². The number of methoxy groups -OCH3 is 1. The minimum absolute atomic E-state index is 0.0248. The summed E-state index contributed by atoms with van der Waals surface area (Å²) in [6.07, 6.45) is 3.35. The van der Waals surface area contributed by atoms with Crippen molar-refractivity contribution in [2.45, 2.75) is 52.5 Å². The zero-order chi connectivity index (χ0) is 13.6. The van der Waals surface area contributed by atoms with Gasteiger partial charge in [0.05, 0.1) is 17.8 Å². The van der Waals surface area contributed by atoms with Gasteiger partial charge < -0.3 is 10.1 Å². The highest BCUT2D eigenvalue weighted by Crippen LogP contribution is 2.34. The fourth-order valence-electron chi connectivity index (χ4n) is 2.22. The number of thiazole rings is 1. The van der Waals surface area contributed by atoms with Crippen LogP contribution in [0.15, 0.2) is 0 Å². The van der Waals surface area contributed by atoms with Crippen molar-refractivity contribution in [3.8, 4) is 0 Å². The molecular formula is C14H26N2OS. The number of aromatic nitrogens is 1. The average molecular weight is 270 g/mol. The van der Waals surface area contributed by atoms with Gasteiger partial charge in [0, 0.05) is 18.5 Å². The van der Waals surface area contributed by atoms with E-state index in [9.17, 15) is 0 Å². The van der Waals surface area contributed by atoms with E-state index in [4.69, 9.17) is 9.72 Å². The van der Waals surface area contributed by atoms with Crippen LogP contribution in [0.1, 0.15) is 48.7 Å². The van der Waals surface area contributed by atoms with E-state index in [-0.39, 0.29) is 5.54 Å². The quantitative estimate of drug-likeness (QED) is 0.735. The number of nitrogens with one attached hydrogen (secondary N) is 1. The van der Waals surface area contributed by atoms with Crippen molar-refractivity contribution in [1.29, 1.82) is 0 Å². The second-order valence-corrected chi connectivity index (χ2v) is 5.97. The number of hydrogen-bond donors (Lipinski definition) is 1. The lowest BCUT2D eigenvalue weighted by Crippen LogP contribution is -2.43. The van der Waals surface area contributed by atoms with Gasteiger partial charge in [0.15, 0.2) is 0 Å². The average Bonchev–Trinajstić information content (AvgIpc) is 2.69. The molecule has 18 heavy (non-hydrogen) atoms. The molecule has 1 aromatic rings. The molecule has 104 valence electrons. The first-order valence-corrected chi connectivity index (χ1v) is 7.59. The Morgan fingerprint density at radius 2 is 2.06 bits per heavy atom. The lowest BCUT2D eigenvalue weighted by molar-refractivity contribution is 0.178. The fraction of sp³-hybridized carbons (Fsp3) is 0.786. The number of nitrogens with zero attached hydrogens (tertiary/aromatic N) is 1. The zero-order valence-electron chi connectivity index (χ0n) is 12.3. The van der Waals surface area contributed by atoms with Crippen LogP contribution in [0.2, 0.25) is 0 Å². The highest BCUT2D eigenvalue weighted by atomic mass is 32.1. The van der Waals surface area contributed by atoms with Gasteiger partial charge in [-0.05, 0) is 26.7 Å². The topological polar surface area (TPSA) is 34.1 Å². The number of aryl methyl sites for hydroxylation is 2. The summed E-state index contributed by atoms with van der Waals surface area (Å²) in [6.45, 7) is 10.3. The highest BCUT2D eigenvalue weighted by Gasteiger charge is 2.32. The van der Waals surface area contributed by atoms with Crippen LogP contribution in [0, 0.1) is 13.8 Å². The van der Waals surface area contributed by atoms with Crippen LogP contribution in [0.3, 0.4) is 0 Å². The molecule has 0 spiro atoms. The van der Waals surface area contributed by atoms with Crippen molar-refractivity contribution in [2.24, 2.45) is 0 Å². The molecule has 1 rings (SSSR count). The van der Waals surface area contributed by atoms with Crippen LogP contribution in [0.25, 0.3) is 0 Å². The number of rotatable bonds is 8. The Morgan fingerprint density at radius 1 is 1.33 bits per heavy atom. The zero-order valence-corrected chi connectivity index (χ0v) is 13.1. The molecule has 0 fully saturated rings. The Bertz CT molecular complexity index is 345. The first-order valence-electron chi connectivity index (χ1n) is 6.78. The molecule has 0 aromatic carbocycles. The lowest BCUT2D eigenvalue weighted by Gasteiger charge is -2.32. The number of ether oxygens (including phenoxy) is 1. The Labute approximate surface area is 115 Å². The summed E-state index contributed by atoms with van der Waals surface area (Å²) in [4.78, 5) is 6.09. The molecule has 1 N–H and O–H groups in total. The van der Waals surface area contributed by atoms with E-state index in [0.717, 1.165) is 38.1 Å². The molecule has 4 heteroatoms. The summed E-state index contributed by atoms with van der Waals surface area (Å²) in [5.74, 6) is 0. The van der Waals surface area contributed by atoms with Gasteiger partial charge in [-0.2, -0.15) is 0 Å². The van der Waals surface area contributed by atoms with Gasteiger partial charge >= 0.3 is 0 Å². The smallest absolute Gasteiger partial charge is 0.113 e. The summed E-state index contributed by atoms with van der Waals surface area (Å²) in [5, 5.41) is 4.90. The molecule has 1 heterocycles. The normalized spacial score (nSPS) is 14.7. The molecule has 0 radical (unpaired) electrons. The molecular weight excluding hydrogens is 244 g/mol. The second kappa shape index (κ2) is 7.22. The first kappa shape index (κ1) is 15.6. The van der Waals surface area contributed by atoms with E-state index in [0.29, 0.717) is 0 Å². The van der Waals surface area contributed by atoms with Gasteiger partial charge in [0.1, 0.15) is 5.01 Å². The van der Waals surface area contributed by atoms with Gasteiger partial charge in [-0.1, -0.05) is 20.3 Å². The predicted molar refractivity (Wildman–Crippen MR) is 78.3 cm³/mol. The molecule has 0 saturated carbocycles. The van der Waals surface area contributed by atoms with Crippen LogP contribution in [0.4, 0.5) is 0 Å². The molecule has 0 aliphatic rings. The Kier molecular flexibility index (Phi) is 6.26. The predicted octanol–water partition coefficient (Wildman–Crippen LogP) is 3.40. The molecule has 1 aromatic heterocycles. The van der Waals surface area contributed by atoms with Crippen molar-refractivity contribution in [3.63, 3.8) is 0 Å². The van der Waals surface area contributed by atoms with Crippen molar-refractivity contribution >= 4 is 11.3 Å². The largest absolute Gasteiger partial charge is 0.383 e. The van der Waals surface area contributed by atoms with Gasteiger partial charge in [-0.3, -0.25) is 0 Å². The maximum absolute atomic E-state index is 5.15. The third-order valence-electron chi connectivity index (χ3n) is 3.49. The molecule has 0 saturated heterocycles. The Morgan fingerprint density at radius 3 is 2.50 bits per heavy atom. The molecule has 1 unspecified atom stereocenters. The monoisotopic (exact) mass is 270 g/mol. The van der Waals surface area contributed by atoms with Crippen LogP contribution < -0.4 is 5.32 Å². The summed E-state index contributed by atoms with van der Waals surface area (Å²) in [5.41, 5.74) is 1.19. The molecule has 0 amide bonds. The standard InChI is InChI=1S/C14H26N2OS/c1-6-8-14(7-2,15-9-10-17-5)13-16-11(3)12(4)18-13/h15H,6-10H2,1-5H3. The van der Waals surface area contributed by atoms with E-state index in [2.05, 4.69) is 33.0 Å². The fourth-order valence-corrected chi connectivity index (χ4v) is 3.40. The summed E-state index contributed by atoms with van der Waals surface area (Å²) >= 11 is 1.83.